The van der Waals surface area contributed by atoms with Crippen molar-refractivity contribution in [1.82, 2.24) is 4.31 Å². The Balaban J connectivity index is 2.00. The number of sulfonamides is 1. The van der Waals surface area contributed by atoms with E-state index in [0.717, 1.165) is 29.5 Å². The maximum Gasteiger partial charge on any atom is 0.243 e. The van der Waals surface area contributed by atoms with Crippen molar-refractivity contribution in [3.63, 3.8) is 0 Å². The zero-order valence-electron chi connectivity index (χ0n) is 15.7. The number of rotatable bonds is 5. The van der Waals surface area contributed by atoms with Crippen LogP contribution in [0.15, 0.2) is 41.3 Å². The van der Waals surface area contributed by atoms with Crippen LogP contribution in [-0.4, -0.2) is 33.5 Å². The maximum atomic E-state index is 13.3. The Labute approximate surface area is 155 Å². The van der Waals surface area contributed by atoms with Crippen LogP contribution in [0.3, 0.4) is 0 Å². The van der Waals surface area contributed by atoms with Crippen LogP contribution < -0.4 is 9.47 Å². The lowest BCUT2D eigenvalue weighted by Gasteiger charge is -2.26. The van der Waals surface area contributed by atoms with Crippen LogP contribution in [0.1, 0.15) is 35.6 Å². The summed E-state index contributed by atoms with van der Waals surface area (Å²) in [6.07, 6.45) is 1.63. The predicted octanol–water partition coefficient (Wildman–Crippen LogP) is 3.85. The van der Waals surface area contributed by atoms with Gasteiger partial charge in [0.25, 0.3) is 0 Å². The molecule has 0 unspecified atom stereocenters. The number of ether oxygens (including phenoxy) is 2. The average Bonchev–Trinajstić information content (AvgIpc) is 3.11. The standard InChI is InChI=1S/C20H25NO4S/c1-14-7-10-20(15(2)12-14)26(22,23)21-11-5-6-17(21)16-8-9-18(24-3)19(13-16)25-4/h7-10,12-13,17H,5-6,11H2,1-4H3/t17-/m0/s1. The third-order valence-electron chi connectivity index (χ3n) is 4.91. The summed E-state index contributed by atoms with van der Waals surface area (Å²) < 4.78 is 38.9. The van der Waals surface area contributed by atoms with E-state index >= 15 is 0 Å². The Bertz CT molecular complexity index is 908. The Morgan fingerprint density at radius 2 is 1.73 bits per heavy atom. The predicted molar refractivity (Wildman–Crippen MR) is 101 cm³/mol. The third-order valence-corrected chi connectivity index (χ3v) is 6.98. The van der Waals surface area contributed by atoms with Crippen LogP contribution in [0.2, 0.25) is 0 Å². The number of aryl methyl sites for hydroxylation is 2. The molecule has 0 radical (unpaired) electrons. The molecular formula is C20H25NO4S. The van der Waals surface area contributed by atoms with Gasteiger partial charge in [0.05, 0.1) is 25.2 Å². The van der Waals surface area contributed by atoms with Gasteiger partial charge in [-0.05, 0) is 56.0 Å². The molecule has 1 fully saturated rings. The minimum atomic E-state index is -3.56. The summed E-state index contributed by atoms with van der Waals surface area (Å²) in [5.41, 5.74) is 2.76. The number of nitrogens with zero attached hydrogens (tertiary/aromatic N) is 1. The van der Waals surface area contributed by atoms with Crippen LogP contribution in [0.5, 0.6) is 11.5 Å². The summed E-state index contributed by atoms with van der Waals surface area (Å²) in [7, 11) is -0.386. The molecule has 3 rings (SSSR count). The van der Waals surface area contributed by atoms with Gasteiger partial charge in [0.1, 0.15) is 0 Å². The SMILES string of the molecule is COc1ccc([C@@H]2CCCN2S(=O)(=O)c2ccc(C)cc2C)cc1OC. The molecule has 0 amide bonds. The minimum absolute atomic E-state index is 0.194. The fraction of sp³-hybridized carbons (Fsp3) is 0.400. The van der Waals surface area contributed by atoms with E-state index in [4.69, 9.17) is 9.47 Å². The van der Waals surface area contributed by atoms with Crippen molar-refractivity contribution in [3.05, 3.63) is 53.1 Å². The second-order valence-electron chi connectivity index (χ2n) is 6.66. The first-order valence-electron chi connectivity index (χ1n) is 8.69. The molecule has 1 heterocycles. The highest BCUT2D eigenvalue weighted by Gasteiger charge is 2.37. The highest BCUT2D eigenvalue weighted by atomic mass is 32.2. The quantitative estimate of drug-likeness (QED) is 0.797. The van der Waals surface area contributed by atoms with Gasteiger partial charge in [0.2, 0.25) is 10.0 Å². The van der Waals surface area contributed by atoms with Gasteiger partial charge >= 0.3 is 0 Å². The molecule has 0 bridgehead atoms. The van der Waals surface area contributed by atoms with E-state index in [0.29, 0.717) is 22.9 Å². The summed E-state index contributed by atoms with van der Waals surface area (Å²) in [5, 5.41) is 0. The lowest BCUT2D eigenvalue weighted by Crippen LogP contribution is -2.31. The highest BCUT2D eigenvalue weighted by Crippen LogP contribution is 2.40. The highest BCUT2D eigenvalue weighted by molar-refractivity contribution is 7.89. The smallest absolute Gasteiger partial charge is 0.243 e. The number of hydrogen-bond acceptors (Lipinski definition) is 4. The zero-order valence-corrected chi connectivity index (χ0v) is 16.5. The van der Waals surface area contributed by atoms with Crippen molar-refractivity contribution in [1.29, 1.82) is 0 Å². The van der Waals surface area contributed by atoms with Gasteiger partial charge in [0, 0.05) is 6.54 Å². The van der Waals surface area contributed by atoms with E-state index in [9.17, 15) is 8.42 Å². The molecule has 2 aromatic rings. The van der Waals surface area contributed by atoms with Crippen LogP contribution in [0.25, 0.3) is 0 Å². The average molecular weight is 375 g/mol. The molecule has 140 valence electrons. The molecule has 6 heteroatoms. The molecule has 0 aliphatic carbocycles. The largest absolute Gasteiger partial charge is 0.493 e. The van der Waals surface area contributed by atoms with Gasteiger partial charge in [-0.2, -0.15) is 4.31 Å². The molecule has 1 aliphatic heterocycles. The first-order chi connectivity index (χ1) is 12.4. The van der Waals surface area contributed by atoms with Crippen LogP contribution >= 0.6 is 0 Å². The molecule has 0 aromatic heterocycles. The molecular weight excluding hydrogens is 350 g/mol. The fourth-order valence-corrected chi connectivity index (χ4v) is 5.53. The molecule has 5 nitrogen and oxygen atoms in total. The van der Waals surface area contributed by atoms with E-state index in [-0.39, 0.29) is 6.04 Å². The summed E-state index contributed by atoms with van der Waals surface area (Å²) in [5.74, 6) is 1.25. The Hall–Kier alpha value is -2.05. The van der Waals surface area contributed by atoms with Gasteiger partial charge in [0.15, 0.2) is 11.5 Å². The lowest BCUT2D eigenvalue weighted by molar-refractivity contribution is 0.351. The van der Waals surface area contributed by atoms with Crippen molar-refractivity contribution >= 4 is 10.0 Å². The van der Waals surface area contributed by atoms with Crippen molar-refractivity contribution in [2.45, 2.75) is 37.6 Å². The first kappa shape index (κ1) is 18.7. The Kier molecular flexibility index (Phi) is 5.25. The fourth-order valence-electron chi connectivity index (χ4n) is 3.64. The van der Waals surface area contributed by atoms with E-state index in [1.54, 1.807) is 24.6 Å². The van der Waals surface area contributed by atoms with Crippen LogP contribution in [0.4, 0.5) is 0 Å². The van der Waals surface area contributed by atoms with Gasteiger partial charge in [-0.25, -0.2) is 8.42 Å². The van der Waals surface area contributed by atoms with Crippen LogP contribution in [0, 0.1) is 13.8 Å². The van der Waals surface area contributed by atoms with E-state index in [2.05, 4.69) is 0 Å². The zero-order chi connectivity index (χ0) is 18.9. The third kappa shape index (κ3) is 3.31. The monoisotopic (exact) mass is 375 g/mol. The number of methoxy groups -OCH3 is 2. The molecule has 0 spiro atoms. The van der Waals surface area contributed by atoms with Crippen molar-refractivity contribution in [2.75, 3.05) is 20.8 Å². The second-order valence-corrected chi connectivity index (χ2v) is 8.52. The van der Waals surface area contributed by atoms with Gasteiger partial charge in [-0.3, -0.25) is 0 Å². The topological polar surface area (TPSA) is 55.8 Å². The van der Waals surface area contributed by atoms with E-state index in [1.807, 2.05) is 44.2 Å². The molecule has 2 aromatic carbocycles. The molecule has 0 saturated carbocycles. The second kappa shape index (κ2) is 7.29. The Morgan fingerprint density at radius 1 is 1.00 bits per heavy atom. The summed E-state index contributed by atoms with van der Waals surface area (Å²) >= 11 is 0. The first-order valence-corrected chi connectivity index (χ1v) is 10.1. The molecule has 1 saturated heterocycles. The number of hydrogen-bond donors (Lipinski definition) is 0. The molecule has 1 aliphatic rings. The normalized spacial score (nSPS) is 18.1. The molecule has 26 heavy (non-hydrogen) atoms. The minimum Gasteiger partial charge on any atom is -0.493 e. The summed E-state index contributed by atoms with van der Waals surface area (Å²) in [4.78, 5) is 0.385. The van der Waals surface area contributed by atoms with Crippen molar-refractivity contribution in [2.24, 2.45) is 0 Å². The molecule has 1 atom stereocenters. The van der Waals surface area contributed by atoms with Gasteiger partial charge in [-0.15, -0.1) is 0 Å². The van der Waals surface area contributed by atoms with Gasteiger partial charge in [-0.1, -0.05) is 23.8 Å². The number of benzene rings is 2. The van der Waals surface area contributed by atoms with E-state index < -0.39 is 10.0 Å². The van der Waals surface area contributed by atoms with Crippen molar-refractivity contribution in [3.8, 4) is 11.5 Å². The molecule has 0 N–H and O–H groups in total. The summed E-state index contributed by atoms with van der Waals surface area (Å²) in [6.45, 7) is 4.34. The lowest BCUT2D eigenvalue weighted by atomic mass is 10.0. The summed E-state index contributed by atoms with van der Waals surface area (Å²) in [6, 6.07) is 10.9. The van der Waals surface area contributed by atoms with Crippen LogP contribution in [-0.2, 0) is 10.0 Å². The Morgan fingerprint density at radius 3 is 2.38 bits per heavy atom. The van der Waals surface area contributed by atoms with Gasteiger partial charge < -0.3 is 9.47 Å². The van der Waals surface area contributed by atoms with E-state index in [1.165, 1.54) is 0 Å². The van der Waals surface area contributed by atoms with Crippen molar-refractivity contribution < 1.29 is 17.9 Å². The maximum absolute atomic E-state index is 13.3.